The van der Waals surface area contributed by atoms with Gasteiger partial charge in [0.15, 0.2) is 0 Å². The third-order valence-electron chi connectivity index (χ3n) is 0.650. The molecule has 0 aliphatic heterocycles. The monoisotopic (exact) mass is 97.1 g/mol. The Hall–Kier alpha value is -0.480. The van der Waals surface area contributed by atoms with E-state index in [0.29, 0.717) is 6.42 Å². The second-order valence-corrected chi connectivity index (χ2v) is 1.27. The van der Waals surface area contributed by atoms with Gasteiger partial charge in [0.25, 0.3) is 0 Å². The number of unbranched alkanes of at least 4 members (excludes halogenated alkanes) is 1. The molecule has 1 heteroatoms. The molecule has 7 heavy (non-hydrogen) atoms. The molecule has 0 unspecified atom stereocenters. The Balaban J connectivity index is 2.60. The van der Waals surface area contributed by atoms with Crippen LogP contribution in [-0.2, 0) is 4.74 Å². The minimum Gasteiger partial charge on any atom is -0.385 e. The van der Waals surface area contributed by atoms with E-state index in [1.54, 1.807) is 7.11 Å². The van der Waals surface area contributed by atoms with Gasteiger partial charge >= 0.3 is 0 Å². The Morgan fingerprint density at radius 1 is 1.71 bits per heavy atom. The molecule has 0 aliphatic rings. The molecule has 1 nitrogen and oxygen atoms in total. The summed E-state index contributed by atoms with van der Waals surface area (Å²) in [6, 6.07) is 0. The van der Waals surface area contributed by atoms with Crippen LogP contribution in [-0.4, -0.2) is 13.7 Å². The first-order chi connectivity index (χ1) is 3.41. The maximum absolute atomic E-state index is 6.48. The predicted molar refractivity (Wildman–Crippen MR) is 28.2 cm³/mol. The van der Waals surface area contributed by atoms with Crippen LogP contribution in [0.1, 0.15) is 12.8 Å². The molecule has 0 N–H and O–H groups in total. The fraction of sp³-hybridized carbons (Fsp3) is 0.667. The SMILES string of the molecule is [C]#CCCCOC. The van der Waals surface area contributed by atoms with Crippen LogP contribution in [0.4, 0.5) is 0 Å². The van der Waals surface area contributed by atoms with Crippen LogP contribution in [0, 0.1) is 12.3 Å². The molecule has 0 rings (SSSR count). The van der Waals surface area contributed by atoms with Crippen molar-refractivity contribution >= 4 is 0 Å². The highest BCUT2D eigenvalue weighted by Crippen LogP contribution is 1.83. The Morgan fingerprint density at radius 3 is 2.86 bits per heavy atom. The summed E-state index contributed by atoms with van der Waals surface area (Å²) in [5.41, 5.74) is 0. The minimum absolute atomic E-state index is 0.716. The zero-order valence-electron chi connectivity index (χ0n) is 4.53. The zero-order chi connectivity index (χ0) is 5.54. The van der Waals surface area contributed by atoms with Crippen LogP contribution in [0.3, 0.4) is 0 Å². The van der Waals surface area contributed by atoms with Gasteiger partial charge in [-0.2, -0.15) is 0 Å². The molecule has 1 radical (unpaired) electrons. The Bertz CT molecular complexity index is 61.1. The predicted octanol–water partition coefficient (Wildman–Crippen LogP) is 1.00. The van der Waals surface area contributed by atoms with Gasteiger partial charge in [0.05, 0.1) is 0 Å². The molecule has 0 atom stereocenters. The number of methoxy groups -OCH3 is 1. The lowest BCUT2D eigenvalue weighted by atomic mass is 10.3. The summed E-state index contributed by atoms with van der Waals surface area (Å²) < 4.78 is 4.72. The van der Waals surface area contributed by atoms with E-state index in [1.807, 2.05) is 0 Å². The topological polar surface area (TPSA) is 9.23 Å². The molecule has 0 heterocycles. The fourth-order valence-electron chi connectivity index (χ4n) is 0.305. The number of rotatable bonds is 3. The molecule has 0 saturated carbocycles. The molecular formula is C6H9O. The van der Waals surface area contributed by atoms with Crippen molar-refractivity contribution in [3.05, 3.63) is 6.42 Å². The van der Waals surface area contributed by atoms with Gasteiger partial charge in [-0.15, -0.1) is 0 Å². The molecule has 0 aliphatic carbocycles. The lowest BCUT2D eigenvalue weighted by Gasteiger charge is -1.89. The third kappa shape index (κ3) is 5.52. The fourth-order valence-corrected chi connectivity index (χ4v) is 0.305. The van der Waals surface area contributed by atoms with Crippen LogP contribution in [0.2, 0.25) is 0 Å². The van der Waals surface area contributed by atoms with E-state index >= 15 is 0 Å². The van der Waals surface area contributed by atoms with Crippen LogP contribution < -0.4 is 0 Å². The summed E-state index contributed by atoms with van der Waals surface area (Å²) >= 11 is 0. The van der Waals surface area contributed by atoms with Gasteiger partial charge in [0.2, 0.25) is 0 Å². The second kappa shape index (κ2) is 5.52. The summed E-state index contributed by atoms with van der Waals surface area (Å²) in [7, 11) is 1.66. The van der Waals surface area contributed by atoms with Crippen molar-refractivity contribution in [3.63, 3.8) is 0 Å². The van der Waals surface area contributed by atoms with Gasteiger partial charge in [-0.1, -0.05) is 5.92 Å². The maximum atomic E-state index is 6.48. The van der Waals surface area contributed by atoms with Crippen LogP contribution in [0.25, 0.3) is 0 Å². The van der Waals surface area contributed by atoms with Crippen molar-refractivity contribution in [3.8, 4) is 5.92 Å². The lowest BCUT2D eigenvalue weighted by Crippen LogP contribution is -1.84. The summed E-state index contributed by atoms with van der Waals surface area (Å²) in [5, 5.41) is 0. The maximum Gasteiger partial charge on any atom is 0.0471 e. The van der Waals surface area contributed by atoms with E-state index in [2.05, 4.69) is 5.92 Å². The molecule has 0 aromatic rings. The summed E-state index contributed by atoms with van der Waals surface area (Å²) in [5.74, 6) is 2.27. The highest BCUT2D eigenvalue weighted by atomic mass is 16.5. The molecule has 0 saturated heterocycles. The van der Waals surface area contributed by atoms with Crippen LogP contribution >= 0.6 is 0 Å². The molecule has 0 bridgehead atoms. The first-order valence-electron chi connectivity index (χ1n) is 2.30. The summed E-state index contributed by atoms with van der Waals surface area (Å²) in [6.45, 7) is 0.742. The van der Waals surface area contributed by atoms with Crippen molar-refractivity contribution in [1.82, 2.24) is 0 Å². The average Bonchev–Trinajstić information content (AvgIpc) is 1.69. The van der Waals surface area contributed by atoms with Crippen LogP contribution in [0.5, 0.6) is 0 Å². The van der Waals surface area contributed by atoms with E-state index in [-0.39, 0.29) is 0 Å². The van der Waals surface area contributed by atoms with Gasteiger partial charge in [-0.05, 0) is 12.8 Å². The van der Waals surface area contributed by atoms with Gasteiger partial charge < -0.3 is 4.74 Å². The normalized spacial score (nSPS) is 8.00. The third-order valence-corrected chi connectivity index (χ3v) is 0.650. The van der Waals surface area contributed by atoms with Crippen molar-refractivity contribution in [2.75, 3.05) is 13.7 Å². The zero-order valence-corrected chi connectivity index (χ0v) is 4.53. The Kier molecular flexibility index (Phi) is 5.14. The standard InChI is InChI=1S/C6H9O/c1-3-4-5-6-7-2/h4-6H2,2H3. The van der Waals surface area contributed by atoms with E-state index in [4.69, 9.17) is 11.2 Å². The molecule has 0 fully saturated rings. The van der Waals surface area contributed by atoms with E-state index in [9.17, 15) is 0 Å². The lowest BCUT2D eigenvalue weighted by molar-refractivity contribution is 0.196. The van der Waals surface area contributed by atoms with Crippen molar-refractivity contribution in [2.24, 2.45) is 0 Å². The Morgan fingerprint density at radius 2 is 2.43 bits per heavy atom. The van der Waals surface area contributed by atoms with Crippen LogP contribution in [0.15, 0.2) is 0 Å². The first-order valence-corrected chi connectivity index (χ1v) is 2.30. The van der Waals surface area contributed by atoms with Crippen molar-refractivity contribution in [2.45, 2.75) is 12.8 Å². The average molecular weight is 97.1 g/mol. The number of hydrogen-bond donors (Lipinski definition) is 0. The Labute approximate surface area is 44.7 Å². The highest BCUT2D eigenvalue weighted by Gasteiger charge is 1.77. The first kappa shape index (κ1) is 6.52. The molecule has 0 aromatic heterocycles. The molecule has 0 aromatic carbocycles. The van der Waals surface area contributed by atoms with E-state index in [0.717, 1.165) is 13.0 Å². The molecule has 39 valence electrons. The molecule has 0 amide bonds. The number of hydrogen-bond acceptors (Lipinski definition) is 1. The molecular weight excluding hydrogens is 88.1 g/mol. The van der Waals surface area contributed by atoms with Crippen molar-refractivity contribution < 1.29 is 4.74 Å². The quantitative estimate of drug-likeness (QED) is 0.377. The van der Waals surface area contributed by atoms with E-state index < -0.39 is 0 Å². The minimum atomic E-state index is 0.716. The smallest absolute Gasteiger partial charge is 0.0471 e. The van der Waals surface area contributed by atoms with Gasteiger partial charge in [0, 0.05) is 20.1 Å². The largest absolute Gasteiger partial charge is 0.385 e. The second-order valence-electron chi connectivity index (χ2n) is 1.27. The van der Waals surface area contributed by atoms with E-state index in [1.165, 1.54) is 0 Å². The van der Waals surface area contributed by atoms with Gasteiger partial charge in [-0.25, -0.2) is 0 Å². The molecule has 0 spiro atoms. The summed E-state index contributed by atoms with van der Waals surface area (Å²) in [6.07, 6.45) is 8.11. The van der Waals surface area contributed by atoms with Gasteiger partial charge in [0.1, 0.15) is 0 Å². The van der Waals surface area contributed by atoms with Crippen molar-refractivity contribution in [1.29, 1.82) is 0 Å². The highest BCUT2D eigenvalue weighted by molar-refractivity contribution is 4.73. The summed E-state index contributed by atoms with van der Waals surface area (Å²) in [4.78, 5) is 0. The van der Waals surface area contributed by atoms with Gasteiger partial charge in [-0.3, -0.25) is 0 Å². The number of ether oxygens (including phenoxy) is 1.